The molecule has 1 rings (SSSR count). The number of hydrogen-bond donors (Lipinski definition) is 1. The van der Waals surface area contributed by atoms with E-state index in [4.69, 9.17) is 10.5 Å². The molecular weight excluding hydrogens is 158 g/mol. The van der Waals surface area contributed by atoms with E-state index in [9.17, 15) is 0 Å². The highest BCUT2D eigenvalue weighted by atomic mass is 32.1. The SMILES string of the molecule is CC(C)Oc1ccsc1CN. The fourth-order valence-electron chi connectivity index (χ4n) is 0.837. The summed E-state index contributed by atoms with van der Waals surface area (Å²) in [5.41, 5.74) is 5.50. The Balaban J connectivity index is 2.68. The summed E-state index contributed by atoms with van der Waals surface area (Å²) < 4.78 is 5.51. The van der Waals surface area contributed by atoms with E-state index in [2.05, 4.69) is 0 Å². The molecule has 0 fully saturated rings. The highest BCUT2D eigenvalue weighted by Gasteiger charge is 2.04. The summed E-state index contributed by atoms with van der Waals surface area (Å²) >= 11 is 1.64. The Morgan fingerprint density at radius 1 is 1.64 bits per heavy atom. The van der Waals surface area contributed by atoms with Crippen molar-refractivity contribution in [2.24, 2.45) is 5.73 Å². The lowest BCUT2D eigenvalue weighted by Crippen LogP contribution is -2.07. The summed E-state index contributed by atoms with van der Waals surface area (Å²) in [4.78, 5) is 1.12. The van der Waals surface area contributed by atoms with Gasteiger partial charge in [-0.3, -0.25) is 0 Å². The van der Waals surface area contributed by atoms with E-state index in [0.29, 0.717) is 6.54 Å². The first-order valence-electron chi connectivity index (χ1n) is 3.67. The van der Waals surface area contributed by atoms with E-state index < -0.39 is 0 Å². The van der Waals surface area contributed by atoms with Gasteiger partial charge in [-0.2, -0.15) is 0 Å². The number of hydrogen-bond acceptors (Lipinski definition) is 3. The molecule has 62 valence electrons. The second kappa shape index (κ2) is 3.74. The average molecular weight is 171 g/mol. The van der Waals surface area contributed by atoms with Crippen molar-refractivity contribution in [2.75, 3.05) is 0 Å². The van der Waals surface area contributed by atoms with Crippen molar-refractivity contribution in [3.05, 3.63) is 16.3 Å². The second-order valence-electron chi connectivity index (χ2n) is 2.58. The molecule has 0 unspecified atom stereocenters. The minimum absolute atomic E-state index is 0.231. The molecule has 0 spiro atoms. The lowest BCUT2D eigenvalue weighted by molar-refractivity contribution is 0.241. The number of thiophene rings is 1. The molecule has 3 heteroatoms. The Bertz CT molecular complexity index is 220. The molecule has 11 heavy (non-hydrogen) atoms. The Hall–Kier alpha value is -0.540. The van der Waals surface area contributed by atoms with Gasteiger partial charge in [-0.25, -0.2) is 0 Å². The van der Waals surface area contributed by atoms with Crippen LogP contribution >= 0.6 is 11.3 Å². The molecule has 2 N–H and O–H groups in total. The zero-order valence-electron chi connectivity index (χ0n) is 6.83. The van der Waals surface area contributed by atoms with Crippen LogP contribution in [0.4, 0.5) is 0 Å². The van der Waals surface area contributed by atoms with E-state index in [1.54, 1.807) is 11.3 Å². The number of rotatable bonds is 3. The van der Waals surface area contributed by atoms with Crippen LogP contribution in [0, 0.1) is 0 Å². The fourth-order valence-corrected chi connectivity index (χ4v) is 1.52. The molecular formula is C8H13NOS. The smallest absolute Gasteiger partial charge is 0.134 e. The zero-order valence-corrected chi connectivity index (χ0v) is 7.65. The molecule has 0 aliphatic heterocycles. The third-order valence-electron chi connectivity index (χ3n) is 1.25. The van der Waals surface area contributed by atoms with Crippen molar-refractivity contribution >= 4 is 11.3 Å². The van der Waals surface area contributed by atoms with Crippen molar-refractivity contribution in [1.82, 2.24) is 0 Å². The molecule has 0 amide bonds. The van der Waals surface area contributed by atoms with Gasteiger partial charge in [-0.05, 0) is 25.3 Å². The van der Waals surface area contributed by atoms with E-state index >= 15 is 0 Å². The highest BCUT2D eigenvalue weighted by Crippen LogP contribution is 2.24. The molecule has 0 saturated heterocycles. The van der Waals surface area contributed by atoms with E-state index in [1.165, 1.54) is 0 Å². The first kappa shape index (κ1) is 8.56. The van der Waals surface area contributed by atoms with Crippen LogP contribution in [-0.2, 0) is 6.54 Å². The molecule has 0 saturated carbocycles. The van der Waals surface area contributed by atoms with Gasteiger partial charge in [-0.15, -0.1) is 11.3 Å². The van der Waals surface area contributed by atoms with Gasteiger partial charge in [-0.1, -0.05) is 0 Å². The maximum atomic E-state index is 5.51. The quantitative estimate of drug-likeness (QED) is 0.755. The summed E-state index contributed by atoms with van der Waals surface area (Å²) in [6, 6.07) is 1.97. The van der Waals surface area contributed by atoms with Crippen molar-refractivity contribution in [2.45, 2.75) is 26.5 Å². The van der Waals surface area contributed by atoms with Gasteiger partial charge in [0.25, 0.3) is 0 Å². The lowest BCUT2D eigenvalue weighted by atomic mass is 10.4. The summed E-state index contributed by atoms with van der Waals surface area (Å²) in [7, 11) is 0. The fraction of sp³-hybridized carbons (Fsp3) is 0.500. The monoisotopic (exact) mass is 171 g/mol. The molecule has 0 bridgehead atoms. The number of ether oxygens (including phenoxy) is 1. The predicted molar refractivity (Wildman–Crippen MR) is 48.0 cm³/mol. The molecule has 0 aliphatic rings. The van der Waals surface area contributed by atoms with E-state index in [0.717, 1.165) is 10.6 Å². The maximum Gasteiger partial charge on any atom is 0.134 e. The summed E-state index contributed by atoms with van der Waals surface area (Å²) in [5, 5.41) is 2.00. The van der Waals surface area contributed by atoms with Gasteiger partial charge in [0.1, 0.15) is 5.75 Å². The third-order valence-corrected chi connectivity index (χ3v) is 2.18. The largest absolute Gasteiger partial charge is 0.490 e. The summed E-state index contributed by atoms with van der Waals surface area (Å²) in [5.74, 6) is 0.938. The van der Waals surface area contributed by atoms with Gasteiger partial charge in [0.2, 0.25) is 0 Å². The lowest BCUT2D eigenvalue weighted by Gasteiger charge is -2.08. The number of nitrogens with two attached hydrogens (primary N) is 1. The van der Waals surface area contributed by atoms with E-state index in [-0.39, 0.29) is 6.10 Å². The van der Waals surface area contributed by atoms with Crippen molar-refractivity contribution < 1.29 is 4.74 Å². The van der Waals surface area contributed by atoms with Crippen LogP contribution < -0.4 is 10.5 Å². The minimum Gasteiger partial charge on any atom is -0.490 e. The first-order chi connectivity index (χ1) is 5.24. The molecule has 1 aromatic rings. The molecule has 2 nitrogen and oxygen atoms in total. The minimum atomic E-state index is 0.231. The summed E-state index contributed by atoms with van der Waals surface area (Å²) in [6.45, 7) is 4.59. The molecule has 0 atom stereocenters. The van der Waals surface area contributed by atoms with Crippen LogP contribution in [0.25, 0.3) is 0 Å². The second-order valence-corrected chi connectivity index (χ2v) is 3.58. The van der Waals surface area contributed by atoms with Crippen LogP contribution in [0.2, 0.25) is 0 Å². The molecule has 1 aromatic heterocycles. The van der Waals surface area contributed by atoms with Crippen LogP contribution in [0.3, 0.4) is 0 Å². The molecule has 1 heterocycles. The van der Waals surface area contributed by atoms with Gasteiger partial charge in [0.05, 0.1) is 11.0 Å². The Morgan fingerprint density at radius 2 is 2.36 bits per heavy atom. The maximum absolute atomic E-state index is 5.51. The normalized spacial score (nSPS) is 10.5. The van der Waals surface area contributed by atoms with Crippen LogP contribution in [0.1, 0.15) is 18.7 Å². The summed E-state index contributed by atoms with van der Waals surface area (Å²) in [6.07, 6.45) is 0.231. The highest BCUT2D eigenvalue weighted by molar-refractivity contribution is 7.10. The van der Waals surface area contributed by atoms with Gasteiger partial charge < -0.3 is 10.5 Å². The van der Waals surface area contributed by atoms with Gasteiger partial charge in [0, 0.05) is 6.54 Å². The Kier molecular flexibility index (Phi) is 2.91. The van der Waals surface area contributed by atoms with Crippen LogP contribution in [0.15, 0.2) is 11.4 Å². The van der Waals surface area contributed by atoms with Crippen molar-refractivity contribution in [1.29, 1.82) is 0 Å². The first-order valence-corrected chi connectivity index (χ1v) is 4.55. The molecule has 0 aromatic carbocycles. The molecule has 0 aliphatic carbocycles. The predicted octanol–water partition coefficient (Wildman–Crippen LogP) is 1.99. The van der Waals surface area contributed by atoms with Crippen LogP contribution in [-0.4, -0.2) is 6.10 Å². The zero-order chi connectivity index (χ0) is 8.27. The topological polar surface area (TPSA) is 35.2 Å². The Morgan fingerprint density at radius 3 is 2.91 bits per heavy atom. The third kappa shape index (κ3) is 2.20. The standard InChI is InChI=1S/C8H13NOS/c1-6(2)10-7-3-4-11-8(7)5-9/h3-4,6H,5,9H2,1-2H3. The Labute approximate surface area is 71.0 Å². The van der Waals surface area contributed by atoms with Gasteiger partial charge >= 0.3 is 0 Å². The van der Waals surface area contributed by atoms with Crippen molar-refractivity contribution in [3.8, 4) is 5.75 Å². The van der Waals surface area contributed by atoms with Crippen molar-refractivity contribution in [3.63, 3.8) is 0 Å². The van der Waals surface area contributed by atoms with Crippen LogP contribution in [0.5, 0.6) is 5.75 Å². The average Bonchev–Trinajstić information content (AvgIpc) is 2.34. The van der Waals surface area contributed by atoms with E-state index in [1.807, 2.05) is 25.3 Å². The molecule has 0 radical (unpaired) electrons. The van der Waals surface area contributed by atoms with Gasteiger partial charge in [0.15, 0.2) is 0 Å².